The lowest BCUT2D eigenvalue weighted by Crippen LogP contribution is -2.37. The number of hydroxylamine groups is 1. The summed E-state index contributed by atoms with van der Waals surface area (Å²) in [6.07, 6.45) is -0.950. The maximum Gasteiger partial charge on any atom is 0.255 e. The molecule has 1 rings (SSSR count). The molecule has 0 aromatic heterocycles. The van der Waals surface area contributed by atoms with E-state index in [1.54, 1.807) is 31.2 Å². The first-order valence-electron chi connectivity index (χ1n) is 6.97. The molecule has 0 aliphatic carbocycles. The van der Waals surface area contributed by atoms with Crippen LogP contribution in [0, 0.1) is 5.92 Å². The van der Waals surface area contributed by atoms with Crippen molar-refractivity contribution in [2.24, 2.45) is 5.92 Å². The van der Waals surface area contributed by atoms with Gasteiger partial charge in [0, 0.05) is 5.69 Å². The summed E-state index contributed by atoms with van der Waals surface area (Å²) in [5.74, 6) is -0.373. The lowest BCUT2D eigenvalue weighted by atomic mass is 10.1. The number of aliphatic hydroxyl groups is 1. The van der Waals surface area contributed by atoms with Gasteiger partial charge in [-0.15, -0.1) is 4.48 Å². The summed E-state index contributed by atoms with van der Waals surface area (Å²) in [5.41, 5.74) is 1.31. The van der Waals surface area contributed by atoms with E-state index in [9.17, 15) is 9.28 Å². The van der Waals surface area contributed by atoms with E-state index >= 15 is 0 Å². The first kappa shape index (κ1) is 17.6. The third-order valence-electron chi connectivity index (χ3n) is 3.32. The van der Waals surface area contributed by atoms with Crippen LogP contribution in [-0.4, -0.2) is 28.4 Å². The Morgan fingerprint density at radius 2 is 1.86 bits per heavy atom. The van der Waals surface area contributed by atoms with Gasteiger partial charge in [0.1, 0.15) is 0 Å². The molecule has 0 aliphatic heterocycles. The minimum absolute atomic E-state index is 0.0579. The van der Waals surface area contributed by atoms with E-state index in [1.807, 2.05) is 13.8 Å². The number of rotatable bonds is 7. The number of halogens is 1. The van der Waals surface area contributed by atoms with Crippen LogP contribution >= 0.6 is 0 Å². The third kappa shape index (κ3) is 5.41. The lowest BCUT2D eigenvalue weighted by molar-refractivity contribution is -0.321. The Labute approximate surface area is 124 Å². The maximum absolute atomic E-state index is 13.7. The number of carbonyl (C=O) groups is 1. The first-order chi connectivity index (χ1) is 9.85. The number of carbonyl (C=O) groups excluding carboxylic acids is 1. The van der Waals surface area contributed by atoms with Gasteiger partial charge in [-0.3, -0.25) is 9.63 Å². The second kappa shape index (κ2) is 8.07. The number of hydrogen-bond donors (Lipinski definition) is 2. The van der Waals surface area contributed by atoms with E-state index < -0.39 is 18.1 Å². The Balaban J connectivity index is 2.53. The quantitative estimate of drug-likeness (QED) is 0.600. The van der Waals surface area contributed by atoms with Gasteiger partial charge >= 0.3 is 0 Å². The van der Waals surface area contributed by atoms with Crippen LogP contribution in [0.5, 0.6) is 0 Å². The Kier molecular flexibility index (Phi) is 6.74. The molecule has 21 heavy (non-hydrogen) atoms. The molecule has 0 fully saturated rings. The van der Waals surface area contributed by atoms with Crippen molar-refractivity contribution in [2.75, 3.05) is 5.32 Å². The fourth-order valence-corrected chi connectivity index (χ4v) is 1.47. The van der Waals surface area contributed by atoms with Crippen molar-refractivity contribution >= 4 is 11.6 Å². The summed E-state index contributed by atoms with van der Waals surface area (Å²) in [6.45, 7) is 6.85. The second-order valence-electron chi connectivity index (χ2n) is 5.35. The molecule has 1 unspecified atom stereocenters. The Morgan fingerprint density at radius 3 is 2.33 bits per heavy atom. The zero-order valence-electron chi connectivity index (χ0n) is 12.8. The fraction of sp³-hybridized carbons (Fsp3) is 0.533. The predicted molar refractivity (Wildman–Crippen MR) is 78.8 cm³/mol. The monoisotopic (exact) mass is 298 g/mol. The Hall–Kier alpha value is -1.50. The van der Waals surface area contributed by atoms with Crippen molar-refractivity contribution < 1.29 is 19.2 Å². The van der Waals surface area contributed by atoms with Crippen LogP contribution in [0.3, 0.4) is 0 Å². The summed E-state index contributed by atoms with van der Waals surface area (Å²) in [5, 5.41) is 11.8. The standard InChI is InChI=1S/C15H23FN2O3/c1-10(2)11(3)18(16)21-12(4)15(20)17-14-7-5-13(9-19)6-8-14/h5-8,10-12,19H,9H2,1-4H3,(H,17,20)/t11?,12-/m0/s1. The highest BCUT2D eigenvalue weighted by Crippen LogP contribution is 2.14. The first-order valence-corrected chi connectivity index (χ1v) is 6.97. The highest BCUT2D eigenvalue weighted by molar-refractivity contribution is 5.93. The molecule has 0 aliphatic rings. The minimum Gasteiger partial charge on any atom is -0.392 e. The summed E-state index contributed by atoms with van der Waals surface area (Å²) < 4.78 is 13.7. The zero-order valence-corrected chi connectivity index (χ0v) is 12.8. The molecule has 1 aromatic rings. The number of aliphatic hydroxyl groups excluding tert-OH is 1. The molecule has 118 valence electrons. The number of nitrogens with one attached hydrogen (secondary N) is 1. The number of nitrogens with zero attached hydrogens (tertiary/aromatic N) is 1. The van der Waals surface area contributed by atoms with E-state index in [-0.39, 0.29) is 17.8 Å². The predicted octanol–water partition coefficient (Wildman–Crippen LogP) is 2.67. The minimum atomic E-state index is -0.950. The molecular weight excluding hydrogens is 275 g/mol. The summed E-state index contributed by atoms with van der Waals surface area (Å²) in [7, 11) is 0. The van der Waals surface area contributed by atoms with Gasteiger partial charge in [0.05, 0.1) is 12.6 Å². The highest BCUT2D eigenvalue weighted by atomic mass is 19.2. The van der Waals surface area contributed by atoms with Crippen LogP contribution < -0.4 is 5.32 Å². The lowest BCUT2D eigenvalue weighted by Gasteiger charge is -2.24. The van der Waals surface area contributed by atoms with Crippen molar-refractivity contribution in [3.05, 3.63) is 29.8 Å². The van der Waals surface area contributed by atoms with E-state index in [0.717, 1.165) is 5.56 Å². The molecule has 0 radical (unpaired) electrons. The molecule has 0 saturated heterocycles. The molecule has 0 heterocycles. The van der Waals surface area contributed by atoms with Crippen LogP contribution in [0.4, 0.5) is 10.2 Å². The SMILES string of the molecule is CC(C)C(C)N(F)O[C@@H](C)C(=O)Nc1ccc(CO)cc1. The van der Waals surface area contributed by atoms with Gasteiger partial charge < -0.3 is 10.4 Å². The molecule has 5 nitrogen and oxygen atoms in total. The Morgan fingerprint density at radius 1 is 1.29 bits per heavy atom. The van der Waals surface area contributed by atoms with Gasteiger partial charge in [0.25, 0.3) is 5.91 Å². The van der Waals surface area contributed by atoms with Crippen LogP contribution in [0.2, 0.25) is 0 Å². The molecule has 0 spiro atoms. The molecule has 2 atom stereocenters. The largest absolute Gasteiger partial charge is 0.392 e. The van der Waals surface area contributed by atoms with Crippen molar-refractivity contribution in [2.45, 2.75) is 46.4 Å². The topological polar surface area (TPSA) is 61.8 Å². The zero-order chi connectivity index (χ0) is 16.0. The van der Waals surface area contributed by atoms with Gasteiger partial charge in [0.2, 0.25) is 0 Å². The fourth-order valence-electron chi connectivity index (χ4n) is 1.47. The highest BCUT2D eigenvalue weighted by Gasteiger charge is 2.23. The molecule has 2 N–H and O–H groups in total. The van der Waals surface area contributed by atoms with Gasteiger partial charge in [0.15, 0.2) is 6.10 Å². The molecule has 1 aromatic carbocycles. The van der Waals surface area contributed by atoms with Crippen LogP contribution in [0.15, 0.2) is 24.3 Å². The van der Waals surface area contributed by atoms with Gasteiger partial charge in [-0.25, -0.2) is 0 Å². The molecule has 0 saturated carbocycles. The number of hydrogen-bond acceptors (Lipinski definition) is 4. The van der Waals surface area contributed by atoms with Crippen molar-refractivity contribution in [3.8, 4) is 0 Å². The van der Waals surface area contributed by atoms with Crippen molar-refractivity contribution in [1.82, 2.24) is 5.29 Å². The van der Waals surface area contributed by atoms with E-state index in [4.69, 9.17) is 9.94 Å². The second-order valence-corrected chi connectivity index (χ2v) is 5.35. The number of amides is 1. The molecule has 1 amide bonds. The van der Waals surface area contributed by atoms with Gasteiger partial charge in [-0.05, 0) is 42.7 Å². The molecular formula is C15H23FN2O3. The normalized spacial score (nSPS) is 14.3. The van der Waals surface area contributed by atoms with Crippen molar-refractivity contribution in [1.29, 1.82) is 0 Å². The van der Waals surface area contributed by atoms with E-state index in [1.165, 1.54) is 6.92 Å². The van der Waals surface area contributed by atoms with Gasteiger partial charge in [-0.2, -0.15) is 0 Å². The Bertz CT molecular complexity index is 451. The average Bonchev–Trinajstić information content (AvgIpc) is 2.46. The number of anilines is 1. The van der Waals surface area contributed by atoms with Gasteiger partial charge in [-0.1, -0.05) is 26.0 Å². The van der Waals surface area contributed by atoms with E-state index in [0.29, 0.717) is 5.69 Å². The molecule has 0 bridgehead atoms. The van der Waals surface area contributed by atoms with E-state index in [2.05, 4.69) is 5.32 Å². The van der Waals surface area contributed by atoms with Crippen LogP contribution in [0.1, 0.15) is 33.3 Å². The maximum atomic E-state index is 13.7. The van der Waals surface area contributed by atoms with Crippen LogP contribution in [0.25, 0.3) is 0 Å². The summed E-state index contributed by atoms with van der Waals surface area (Å²) in [6, 6.07) is 6.29. The smallest absolute Gasteiger partial charge is 0.255 e. The average molecular weight is 298 g/mol. The molecule has 6 heteroatoms. The van der Waals surface area contributed by atoms with Crippen LogP contribution in [-0.2, 0) is 16.2 Å². The summed E-state index contributed by atoms with van der Waals surface area (Å²) >= 11 is 0. The third-order valence-corrected chi connectivity index (χ3v) is 3.32. The van der Waals surface area contributed by atoms with Crippen molar-refractivity contribution in [3.63, 3.8) is 0 Å². The number of benzene rings is 1. The summed E-state index contributed by atoms with van der Waals surface area (Å²) in [4.78, 5) is 16.9.